The van der Waals surface area contributed by atoms with E-state index < -0.39 is 0 Å². The van der Waals surface area contributed by atoms with E-state index in [2.05, 4.69) is 0 Å². The van der Waals surface area contributed by atoms with Crippen molar-refractivity contribution in [3.63, 3.8) is 0 Å². The van der Waals surface area contributed by atoms with E-state index in [9.17, 15) is 4.39 Å². The highest BCUT2D eigenvalue weighted by Crippen LogP contribution is 2.40. The first kappa shape index (κ1) is 11.8. The van der Waals surface area contributed by atoms with Crippen molar-refractivity contribution >= 4 is 24.0 Å². The number of benzene rings is 1. The second kappa shape index (κ2) is 4.47. The molecule has 2 rings (SSSR count). The molecule has 1 aromatic rings. The highest BCUT2D eigenvalue weighted by Gasteiger charge is 2.31. The Bertz CT molecular complexity index is 326. The molecule has 0 aliphatic heterocycles. The SMILES string of the molecule is Cl.N[C@@H](c1cc(Cl)ccc1F)C1CC1. The predicted molar refractivity (Wildman–Crippen MR) is 58.3 cm³/mol. The Hall–Kier alpha value is -0.310. The Labute approximate surface area is 93.8 Å². The van der Waals surface area contributed by atoms with E-state index in [1.807, 2.05) is 0 Å². The zero-order valence-corrected chi connectivity index (χ0v) is 9.11. The van der Waals surface area contributed by atoms with E-state index in [0.717, 1.165) is 12.8 Å². The molecule has 0 bridgehead atoms. The Balaban J connectivity index is 0.000000980. The van der Waals surface area contributed by atoms with Crippen LogP contribution < -0.4 is 5.73 Å². The minimum Gasteiger partial charge on any atom is -0.324 e. The molecular formula is C10H12Cl2FN. The number of hydrogen-bond acceptors (Lipinski definition) is 1. The maximum absolute atomic E-state index is 13.3. The van der Waals surface area contributed by atoms with Crippen LogP contribution in [0.25, 0.3) is 0 Å². The van der Waals surface area contributed by atoms with Gasteiger partial charge in [0.1, 0.15) is 5.82 Å². The summed E-state index contributed by atoms with van der Waals surface area (Å²) in [6.07, 6.45) is 2.21. The fourth-order valence-electron chi connectivity index (χ4n) is 1.48. The van der Waals surface area contributed by atoms with Crippen LogP contribution in [0.2, 0.25) is 5.02 Å². The third-order valence-corrected chi connectivity index (χ3v) is 2.68. The van der Waals surface area contributed by atoms with E-state index in [4.69, 9.17) is 17.3 Å². The van der Waals surface area contributed by atoms with Crippen LogP contribution in [0, 0.1) is 11.7 Å². The molecule has 1 saturated carbocycles. The topological polar surface area (TPSA) is 26.0 Å². The van der Waals surface area contributed by atoms with Crippen molar-refractivity contribution in [2.45, 2.75) is 18.9 Å². The van der Waals surface area contributed by atoms with Gasteiger partial charge in [0.05, 0.1) is 0 Å². The molecule has 1 atom stereocenters. The lowest BCUT2D eigenvalue weighted by atomic mass is 10.0. The first-order valence-corrected chi connectivity index (χ1v) is 4.77. The lowest BCUT2D eigenvalue weighted by molar-refractivity contribution is 0.554. The highest BCUT2D eigenvalue weighted by atomic mass is 35.5. The van der Waals surface area contributed by atoms with Gasteiger partial charge in [-0.2, -0.15) is 0 Å². The Morgan fingerprint density at radius 2 is 2.07 bits per heavy atom. The molecule has 0 unspecified atom stereocenters. The number of halogens is 3. The van der Waals surface area contributed by atoms with Gasteiger partial charge in [-0.25, -0.2) is 4.39 Å². The van der Waals surface area contributed by atoms with Crippen molar-refractivity contribution < 1.29 is 4.39 Å². The van der Waals surface area contributed by atoms with E-state index in [-0.39, 0.29) is 24.3 Å². The fourth-order valence-corrected chi connectivity index (χ4v) is 1.66. The predicted octanol–water partition coefficient (Wildman–Crippen LogP) is 3.31. The van der Waals surface area contributed by atoms with E-state index in [1.54, 1.807) is 12.1 Å². The summed E-state index contributed by atoms with van der Waals surface area (Å²) in [5, 5.41) is 0.549. The van der Waals surface area contributed by atoms with E-state index >= 15 is 0 Å². The van der Waals surface area contributed by atoms with Gasteiger partial charge < -0.3 is 5.73 Å². The summed E-state index contributed by atoms with van der Waals surface area (Å²) in [5.74, 6) is 0.205. The molecule has 1 nitrogen and oxygen atoms in total. The van der Waals surface area contributed by atoms with Gasteiger partial charge in [0, 0.05) is 16.6 Å². The molecule has 14 heavy (non-hydrogen) atoms. The van der Waals surface area contributed by atoms with Gasteiger partial charge in [-0.1, -0.05) is 11.6 Å². The quantitative estimate of drug-likeness (QED) is 0.837. The first-order valence-electron chi connectivity index (χ1n) is 4.39. The molecule has 1 aliphatic carbocycles. The van der Waals surface area contributed by atoms with Crippen LogP contribution in [0.15, 0.2) is 18.2 Å². The number of hydrogen-bond donors (Lipinski definition) is 1. The van der Waals surface area contributed by atoms with Crippen LogP contribution in [-0.4, -0.2) is 0 Å². The molecule has 0 saturated heterocycles. The highest BCUT2D eigenvalue weighted by molar-refractivity contribution is 6.30. The Morgan fingerprint density at radius 1 is 1.43 bits per heavy atom. The number of rotatable bonds is 2. The van der Waals surface area contributed by atoms with Crippen LogP contribution in [0.1, 0.15) is 24.4 Å². The second-order valence-electron chi connectivity index (χ2n) is 3.53. The molecule has 78 valence electrons. The molecular weight excluding hydrogens is 224 g/mol. The van der Waals surface area contributed by atoms with Gasteiger partial charge in [0.15, 0.2) is 0 Å². The number of nitrogens with two attached hydrogens (primary N) is 1. The second-order valence-corrected chi connectivity index (χ2v) is 3.97. The summed E-state index contributed by atoms with van der Waals surface area (Å²) < 4.78 is 13.3. The molecule has 0 radical (unpaired) electrons. The van der Waals surface area contributed by atoms with Gasteiger partial charge in [-0.05, 0) is 37.0 Å². The lowest BCUT2D eigenvalue weighted by Gasteiger charge is -2.11. The maximum Gasteiger partial charge on any atom is 0.128 e. The molecule has 0 heterocycles. The Morgan fingerprint density at radius 3 is 2.64 bits per heavy atom. The monoisotopic (exact) mass is 235 g/mol. The standard InChI is InChI=1S/C10H11ClFN.ClH/c11-7-3-4-9(12)8(5-7)10(13)6-1-2-6;/h3-6,10H,1-2,13H2;1H/t10-;/m1./s1. The smallest absolute Gasteiger partial charge is 0.128 e. The van der Waals surface area contributed by atoms with Crippen LogP contribution in [0.4, 0.5) is 4.39 Å². The molecule has 1 aliphatic rings. The van der Waals surface area contributed by atoms with Crippen molar-refractivity contribution in [3.05, 3.63) is 34.6 Å². The van der Waals surface area contributed by atoms with E-state index in [0.29, 0.717) is 16.5 Å². The van der Waals surface area contributed by atoms with Crippen molar-refractivity contribution in [1.82, 2.24) is 0 Å². The molecule has 4 heteroatoms. The van der Waals surface area contributed by atoms with Crippen LogP contribution in [0.3, 0.4) is 0 Å². The summed E-state index contributed by atoms with van der Waals surface area (Å²) >= 11 is 5.76. The molecule has 0 amide bonds. The largest absolute Gasteiger partial charge is 0.324 e. The first-order chi connectivity index (χ1) is 6.18. The average molecular weight is 236 g/mol. The van der Waals surface area contributed by atoms with Crippen LogP contribution in [-0.2, 0) is 0 Å². The molecule has 1 aromatic carbocycles. The summed E-state index contributed by atoms with van der Waals surface area (Å²) in [6, 6.07) is 4.36. The van der Waals surface area contributed by atoms with Gasteiger partial charge in [-0.15, -0.1) is 12.4 Å². The van der Waals surface area contributed by atoms with Crippen molar-refractivity contribution in [1.29, 1.82) is 0 Å². The molecule has 2 N–H and O–H groups in total. The van der Waals surface area contributed by atoms with Crippen LogP contribution >= 0.6 is 24.0 Å². The average Bonchev–Trinajstić information content (AvgIpc) is 2.91. The summed E-state index contributed by atoms with van der Waals surface area (Å²) in [4.78, 5) is 0. The van der Waals surface area contributed by atoms with Crippen molar-refractivity contribution in [2.24, 2.45) is 11.7 Å². The maximum atomic E-state index is 13.3. The molecule has 0 aromatic heterocycles. The summed E-state index contributed by atoms with van der Waals surface area (Å²) in [6.45, 7) is 0. The third-order valence-electron chi connectivity index (χ3n) is 2.45. The summed E-state index contributed by atoms with van der Waals surface area (Å²) in [7, 11) is 0. The minimum absolute atomic E-state index is 0. The fraction of sp³-hybridized carbons (Fsp3) is 0.400. The third kappa shape index (κ3) is 2.38. The Kier molecular flexibility index (Phi) is 3.76. The zero-order chi connectivity index (χ0) is 9.42. The van der Waals surface area contributed by atoms with Gasteiger partial charge >= 0.3 is 0 Å². The normalized spacial score (nSPS) is 17.4. The lowest BCUT2D eigenvalue weighted by Crippen LogP contribution is -2.14. The van der Waals surface area contributed by atoms with Crippen molar-refractivity contribution in [3.8, 4) is 0 Å². The van der Waals surface area contributed by atoms with Gasteiger partial charge in [0.2, 0.25) is 0 Å². The zero-order valence-electron chi connectivity index (χ0n) is 7.54. The van der Waals surface area contributed by atoms with Crippen LogP contribution in [0.5, 0.6) is 0 Å². The van der Waals surface area contributed by atoms with Gasteiger partial charge in [0.25, 0.3) is 0 Å². The summed E-state index contributed by atoms with van der Waals surface area (Å²) in [5.41, 5.74) is 6.42. The van der Waals surface area contributed by atoms with Gasteiger partial charge in [-0.3, -0.25) is 0 Å². The minimum atomic E-state index is -0.246. The molecule has 0 spiro atoms. The van der Waals surface area contributed by atoms with E-state index in [1.165, 1.54) is 6.07 Å². The molecule has 1 fully saturated rings. The van der Waals surface area contributed by atoms with Crippen molar-refractivity contribution in [2.75, 3.05) is 0 Å².